The van der Waals surface area contributed by atoms with Gasteiger partial charge in [0, 0.05) is 5.56 Å². The number of benzene rings is 1. The lowest BCUT2D eigenvalue weighted by atomic mass is 10.2. The van der Waals surface area contributed by atoms with Crippen molar-refractivity contribution in [1.82, 2.24) is 20.3 Å². The first kappa shape index (κ1) is 13.6. The number of hydrogen-bond acceptors (Lipinski definition) is 8. The summed E-state index contributed by atoms with van der Waals surface area (Å²) in [6.45, 7) is 0. The topological polar surface area (TPSA) is 110 Å². The first-order chi connectivity index (χ1) is 9.69. The number of nitrogen functional groups attached to an aromatic ring is 1. The Morgan fingerprint density at radius 3 is 2.25 bits per heavy atom. The number of ether oxygens (including phenoxy) is 3. The molecule has 0 spiro atoms. The smallest absolute Gasteiger partial charge is 0.263 e. The number of rotatable bonds is 5. The van der Waals surface area contributed by atoms with Gasteiger partial charge in [0.1, 0.15) is 0 Å². The highest BCUT2D eigenvalue weighted by atomic mass is 16.5. The molecule has 0 aliphatic carbocycles. The van der Waals surface area contributed by atoms with Crippen molar-refractivity contribution in [3.8, 4) is 17.2 Å². The van der Waals surface area contributed by atoms with E-state index in [-0.39, 0.29) is 5.95 Å². The second-order valence-electron chi connectivity index (χ2n) is 3.63. The molecule has 20 heavy (non-hydrogen) atoms. The summed E-state index contributed by atoms with van der Waals surface area (Å²) < 4.78 is 15.7. The molecule has 9 heteroatoms. The van der Waals surface area contributed by atoms with Crippen LogP contribution in [0.3, 0.4) is 0 Å². The molecular weight excluding hydrogens is 264 g/mol. The highest BCUT2D eigenvalue weighted by Gasteiger charge is 2.12. The minimum atomic E-state index is 0.0914. The standard InChI is InChI=1S/C11H14N6O3/c1-18-8-4-7(5-9(19-2)10(8)20-3)6-13-17-11(12)14-15-16-17/h4-6H,1-3H3,(H2,12,14,16)/b13-6+. The minimum absolute atomic E-state index is 0.0914. The van der Waals surface area contributed by atoms with Crippen molar-refractivity contribution in [2.75, 3.05) is 27.1 Å². The Morgan fingerprint density at radius 1 is 1.15 bits per heavy atom. The monoisotopic (exact) mass is 278 g/mol. The lowest BCUT2D eigenvalue weighted by molar-refractivity contribution is 0.324. The summed E-state index contributed by atoms with van der Waals surface area (Å²) in [5.41, 5.74) is 6.22. The Hall–Kier alpha value is -2.84. The Kier molecular flexibility index (Phi) is 3.99. The maximum Gasteiger partial charge on any atom is 0.263 e. The van der Waals surface area contributed by atoms with Crippen LogP contribution in [0.1, 0.15) is 5.56 Å². The molecule has 0 bridgehead atoms. The third-order valence-electron chi connectivity index (χ3n) is 2.48. The molecule has 106 valence electrons. The molecule has 0 amide bonds. The highest BCUT2D eigenvalue weighted by Crippen LogP contribution is 2.37. The van der Waals surface area contributed by atoms with Gasteiger partial charge in [0.15, 0.2) is 11.5 Å². The van der Waals surface area contributed by atoms with E-state index in [1.165, 1.54) is 27.5 Å². The van der Waals surface area contributed by atoms with Gasteiger partial charge >= 0.3 is 0 Å². The number of methoxy groups -OCH3 is 3. The Balaban J connectivity index is 2.37. The Morgan fingerprint density at radius 2 is 1.80 bits per heavy atom. The predicted octanol–water partition coefficient (Wildman–Crippen LogP) is 0.163. The zero-order chi connectivity index (χ0) is 14.5. The molecule has 0 unspecified atom stereocenters. The molecule has 2 aromatic rings. The molecular formula is C11H14N6O3. The van der Waals surface area contributed by atoms with Crippen molar-refractivity contribution in [1.29, 1.82) is 0 Å². The zero-order valence-electron chi connectivity index (χ0n) is 11.3. The summed E-state index contributed by atoms with van der Waals surface area (Å²) in [5.74, 6) is 1.65. The van der Waals surface area contributed by atoms with Crippen LogP contribution < -0.4 is 19.9 Å². The fraction of sp³-hybridized carbons (Fsp3) is 0.273. The number of nitrogens with two attached hydrogens (primary N) is 1. The van der Waals surface area contributed by atoms with E-state index in [4.69, 9.17) is 19.9 Å². The van der Waals surface area contributed by atoms with Crippen molar-refractivity contribution in [3.63, 3.8) is 0 Å². The van der Waals surface area contributed by atoms with Crippen LogP contribution in [0.5, 0.6) is 17.2 Å². The molecule has 0 saturated carbocycles. The van der Waals surface area contributed by atoms with E-state index in [2.05, 4.69) is 20.6 Å². The SMILES string of the molecule is COc1cc(/C=N/n2nnnc2N)cc(OC)c1OC. The van der Waals surface area contributed by atoms with Crippen LogP contribution in [0, 0.1) is 0 Å². The predicted molar refractivity (Wildman–Crippen MR) is 71.3 cm³/mol. The van der Waals surface area contributed by atoms with E-state index in [1.807, 2.05) is 0 Å². The van der Waals surface area contributed by atoms with Crippen LogP contribution in [-0.4, -0.2) is 47.9 Å². The second kappa shape index (κ2) is 5.87. The fourth-order valence-electron chi connectivity index (χ4n) is 1.57. The molecule has 2 rings (SSSR count). The molecule has 0 aliphatic heterocycles. The molecule has 1 aromatic heterocycles. The summed E-state index contributed by atoms with van der Waals surface area (Å²) in [5, 5.41) is 14.5. The number of nitrogens with zero attached hydrogens (tertiary/aromatic N) is 5. The van der Waals surface area contributed by atoms with Crippen LogP contribution in [0.4, 0.5) is 5.95 Å². The van der Waals surface area contributed by atoms with Crippen molar-refractivity contribution >= 4 is 12.2 Å². The molecule has 0 saturated heterocycles. The van der Waals surface area contributed by atoms with Crippen LogP contribution in [0.25, 0.3) is 0 Å². The molecule has 0 radical (unpaired) electrons. The fourth-order valence-corrected chi connectivity index (χ4v) is 1.57. The van der Waals surface area contributed by atoms with Crippen molar-refractivity contribution < 1.29 is 14.2 Å². The van der Waals surface area contributed by atoms with Crippen LogP contribution in [0.2, 0.25) is 0 Å². The molecule has 0 atom stereocenters. The summed E-state index contributed by atoms with van der Waals surface area (Å²) in [6.07, 6.45) is 1.52. The minimum Gasteiger partial charge on any atom is -0.493 e. The van der Waals surface area contributed by atoms with Crippen molar-refractivity contribution in [2.45, 2.75) is 0 Å². The molecule has 1 heterocycles. The average Bonchev–Trinajstić information content (AvgIpc) is 2.89. The molecule has 2 N–H and O–H groups in total. The van der Waals surface area contributed by atoms with Gasteiger partial charge < -0.3 is 19.9 Å². The van der Waals surface area contributed by atoms with E-state index >= 15 is 0 Å². The number of hydrogen-bond donors (Lipinski definition) is 1. The normalized spacial score (nSPS) is 10.8. The molecule has 0 aliphatic rings. The van der Waals surface area contributed by atoms with Gasteiger partial charge in [-0.1, -0.05) is 9.89 Å². The summed E-state index contributed by atoms with van der Waals surface area (Å²) in [4.78, 5) is 1.10. The Labute approximate surface area is 114 Å². The second-order valence-corrected chi connectivity index (χ2v) is 3.63. The maximum atomic E-state index is 5.51. The van der Waals surface area contributed by atoms with E-state index in [0.29, 0.717) is 17.2 Å². The number of tetrazole rings is 1. The van der Waals surface area contributed by atoms with E-state index in [1.54, 1.807) is 12.1 Å². The third kappa shape index (κ3) is 2.60. The van der Waals surface area contributed by atoms with Gasteiger partial charge in [-0.25, -0.2) is 0 Å². The van der Waals surface area contributed by atoms with Crippen LogP contribution in [0.15, 0.2) is 17.2 Å². The number of aromatic nitrogens is 4. The lowest BCUT2D eigenvalue weighted by Crippen LogP contribution is -2.00. The van der Waals surface area contributed by atoms with E-state index in [0.717, 1.165) is 10.4 Å². The highest BCUT2D eigenvalue weighted by molar-refractivity contribution is 5.82. The molecule has 1 aromatic carbocycles. The quantitative estimate of drug-likeness (QED) is 0.776. The largest absolute Gasteiger partial charge is 0.493 e. The van der Waals surface area contributed by atoms with Gasteiger partial charge in [0.2, 0.25) is 5.75 Å². The van der Waals surface area contributed by atoms with Gasteiger partial charge in [-0.15, -0.1) is 0 Å². The van der Waals surface area contributed by atoms with E-state index in [9.17, 15) is 0 Å². The van der Waals surface area contributed by atoms with Gasteiger partial charge in [0.05, 0.1) is 27.5 Å². The van der Waals surface area contributed by atoms with Gasteiger partial charge in [-0.05, 0) is 22.6 Å². The Bertz CT molecular complexity index is 599. The van der Waals surface area contributed by atoms with E-state index < -0.39 is 0 Å². The first-order valence-electron chi connectivity index (χ1n) is 5.57. The van der Waals surface area contributed by atoms with Crippen LogP contribution >= 0.6 is 0 Å². The maximum absolute atomic E-state index is 5.51. The number of anilines is 1. The lowest BCUT2D eigenvalue weighted by Gasteiger charge is -2.12. The van der Waals surface area contributed by atoms with Crippen LogP contribution in [-0.2, 0) is 0 Å². The van der Waals surface area contributed by atoms with Crippen molar-refractivity contribution in [3.05, 3.63) is 17.7 Å². The zero-order valence-corrected chi connectivity index (χ0v) is 11.3. The van der Waals surface area contributed by atoms with Gasteiger partial charge in [0.25, 0.3) is 5.95 Å². The summed E-state index contributed by atoms with van der Waals surface area (Å²) in [7, 11) is 4.62. The summed E-state index contributed by atoms with van der Waals surface area (Å²) >= 11 is 0. The third-order valence-corrected chi connectivity index (χ3v) is 2.48. The van der Waals surface area contributed by atoms with Gasteiger partial charge in [-0.3, -0.25) is 0 Å². The molecule has 9 nitrogen and oxygen atoms in total. The van der Waals surface area contributed by atoms with Crippen molar-refractivity contribution in [2.24, 2.45) is 5.10 Å². The summed E-state index contributed by atoms with van der Waals surface area (Å²) in [6, 6.07) is 3.48. The van der Waals surface area contributed by atoms with Gasteiger partial charge in [-0.2, -0.15) is 5.10 Å². The average molecular weight is 278 g/mol. The molecule has 0 fully saturated rings. The first-order valence-corrected chi connectivity index (χ1v) is 5.57.